The van der Waals surface area contributed by atoms with Crippen LogP contribution in [0.4, 0.5) is 5.13 Å². The molecule has 1 saturated heterocycles. The number of likely N-dealkylation sites (N-methyl/N-ethyl adjacent to an activating group) is 2. The van der Waals surface area contributed by atoms with E-state index in [1.807, 2.05) is 0 Å². The predicted octanol–water partition coefficient (Wildman–Crippen LogP) is 1.39. The molecular formula is C13H25N5S. The van der Waals surface area contributed by atoms with Crippen molar-refractivity contribution in [1.29, 1.82) is 0 Å². The summed E-state index contributed by atoms with van der Waals surface area (Å²) in [7, 11) is 4.38. The summed E-state index contributed by atoms with van der Waals surface area (Å²) in [6.07, 6.45) is 0.945. The minimum Gasteiger partial charge on any atom is -0.360 e. The SMILES string of the molecule is CC(C)CNc1nc(CC2CN(C)CCN2C)ns1. The number of aromatic nitrogens is 2. The number of rotatable bonds is 5. The lowest BCUT2D eigenvalue weighted by molar-refractivity contribution is 0.113. The van der Waals surface area contributed by atoms with E-state index < -0.39 is 0 Å². The van der Waals surface area contributed by atoms with Crippen LogP contribution in [0.15, 0.2) is 0 Å². The van der Waals surface area contributed by atoms with Gasteiger partial charge in [0.25, 0.3) is 0 Å². The van der Waals surface area contributed by atoms with Crippen LogP contribution in [0, 0.1) is 5.92 Å². The van der Waals surface area contributed by atoms with Crippen molar-refractivity contribution in [2.45, 2.75) is 26.3 Å². The molecule has 0 radical (unpaired) electrons. The first-order valence-corrected chi connectivity index (χ1v) is 7.77. The van der Waals surface area contributed by atoms with Crippen molar-refractivity contribution in [2.75, 3.05) is 45.6 Å². The molecule has 2 rings (SSSR count). The number of nitrogens with zero attached hydrogens (tertiary/aromatic N) is 4. The monoisotopic (exact) mass is 283 g/mol. The third-order valence-electron chi connectivity index (χ3n) is 3.53. The average molecular weight is 283 g/mol. The molecular weight excluding hydrogens is 258 g/mol. The summed E-state index contributed by atoms with van der Waals surface area (Å²) in [6, 6.07) is 0.534. The molecule has 1 N–H and O–H groups in total. The molecule has 0 amide bonds. The Balaban J connectivity index is 1.88. The molecule has 1 atom stereocenters. The van der Waals surface area contributed by atoms with Gasteiger partial charge in [-0.15, -0.1) is 0 Å². The molecule has 2 heterocycles. The standard InChI is InChI=1S/C13H25N5S/c1-10(2)8-14-13-15-12(16-19-13)7-11-9-17(3)5-6-18(11)4/h10-11H,5-9H2,1-4H3,(H,14,15,16). The third-order valence-corrected chi connectivity index (χ3v) is 4.24. The van der Waals surface area contributed by atoms with Gasteiger partial charge in [0.15, 0.2) is 0 Å². The molecule has 1 aliphatic heterocycles. The molecule has 5 nitrogen and oxygen atoms in total. The van der Waals surface area contributed by atoms with E-state index >= 15 is 0 Å². The third kappa shape index (κ3) is 4.40. The van der Waals surface area contributed by atoms with E-state index in [1.165, 1.54) is 11.5 Å². The fourth-order valence-corrected chi connectivity index (χ4v) is 2.83. The van der Waals surface area contributed by atoms with Gasteiger partial charge in [-0.25, -0.2) is 4.98 Å². The van der Waals surface area contributed by atoms with Crippen LogP contribution in [0.5, 0.6) is 0 Å². The summed E-state index contributed by atoms with van der Waals surface area (Å²) in [5, 5.41) is 4.30. The lowest BCUT2D eigenvalue weighted by atomic mass is 10.1. The smallest absolute Gasteiger partial charge is 0.202 e. The summed E-state index contributed by atoms with van der Waals surface area (Å²) in [5.41, 5.74) is 0. The molecule has 1 fully saturated rings. The molecule has 6 heteroatoms. The molecule has 1 aromatic heterocycles. The molecule has 1 aromatic rings. The van der Waals surface area contributed by atoms with Gasteiger partial charge in [0.1, 0.15) is 5.82 Å². The maximum absolute atomic E-state index is 4.59. The highest BCUT2D eigenvalue weighted by Gasteiger charge is 2.23. The molecule has 19 heavy (non-hydrogen) atoms. The Bertz CT molecular complexity index is 392. The van der Waals surface area contributed by atoms with E-state index in [9.17, 15) is 0 Å². The normalized spacial score (nSPS) is 22.1. The van der Waals surface area contributed by atoms with Crippen LogP contribution in [0.1, 0.15) is 19.7 Å². The minimum absolute atomic E-state index is 0.534. The highest BCUT2D eigenvalue weighted by Crippen LogP contribution is 2.16. The van der Waals surface area contributed by atoms with Crippen LogP contribution in [0.25, 0.3) is 0 Å². The van der Waals surface area contributed by atoms with Crippen LogP contribution in [-0.2, 0) is 6.42 Å². The minimum atomic E-state index is 0.534. The number of hydrogen-bond acceptors (Lipinski definition) is 6. The Morgan fingerprint density at radius 2 is 2.16 bits per heavy atom. The summed E-state index contributed by atoms with van der Waals surface area (Å²) in [5.74, 6) is 1.61. The number of anilines is 1. The maximum atomic E-state index is 4.59. The van der Waals surface area contributed by atoms with Crippen molar-refractivity contribution in [2.24, 2.45) is 5.92 Å². The lowest BCUT2D eigenvalue weighted by Crippen LogP contribution is -2.50. The predicted molar refractivity (Wildman–Crippen MR) is 80.9 cm³/mol. The van der Waals surface area contributed by atoms with Crippen LogP contribution in [0.3, 0.4) is 0 Å². The second-order valence-electron chi connectivity index (χ2n) is 5.89. The molecule has 0 bridgehead atoms. The highest BCUT2D eigenvalue weighted by atomic mass is 32.1. The molecule has 0 saturated carbocycles. The van der Waals surface area contributed by atoms with Gasteiger partial charge in [0, 0.05) is 50.2 Å². The fraction of sp³-hybridized carbons (Fsp3) is 0.846. The zero-order valence-electron chi connectivity index (χ0n) is 12.4. The van der Waals surface area contributed by atoms with Crippen LogP contribution in [0.2, 0.25) is 0 Å². The Kier molecular flexibility index (Phi) is 5.13. The van der Waals surface area contributed by atoms with Crippen LogP contribution in [-0.4, -0.2) is 65.5 Å². The van der Waals surface area contributed by atoms with Gasteiger partial charge in [-0.05, 0) is 20.0 Å². The van der Waals surface area contributed by atoms with Crippen LogP contribution >= 0.6 is 11.5 Å². The molecule has 0 aromatic carbocycles. The van der Waals surface area contributed by atoms with Crippen molar-refractivity contribution >= 4 is 16.7 Å². The fourth-order valence-electron chi connectivity index (χ4n) is 2.23. The zero-order valence-corrected chi connectivity index (χ0v) is 13.2. The van der Waals surface area contributed by atoms with E-state index in [0.29, 0.717) is 12.0 Å². The first-order chi connectivity index (χ1) is 9.04. The van der Waals surface area contributed by atoms with Crippen molar-refractivity contribution in [3.8, 4) is 0 Å². The second-order valence-corrected chi connectivity index (χ2v) is 6.64. The first kappa shape index (κ1) is 14.7. The van der Waals surface area contributed by atoms with Crippen molar-refractivity contribution in [3.63, 3.8) is 0 Å². The molecule has 1 aliphatic rings. The highest BCUT2D eigenvalue weighted by molar-refractivity contribution is 7.09. The Morgan fingerprint density at radius 1 is 1.37 bits per heavy atom. The summed E-state index contributed by atoms with van der Waals surface area (Å²) >= 11 is 1.48. The average Bonchev–Trinajstić information content (AvgIpc) is 2.79. The lowest BCUT2D eigenvalue weighted by Gasteiger charge is -2.37. The summed E-state index contributed by atoms with van der Waals surface area (Å²) in [6.45, 7) is 8.73. The van der Waals surface area contributed by atoms with E-state index in [1.54, 1.807) is 0 Å². The van der Waals surface area contributed by atoms with Gasteiger partial charge in [0.05, 0.1) is 0 Å². The molecule has 0 aliphatic carbocycles. The Hall–Kier alpha value is -0.720. The number of nitrogens with one attached hydrogen (secondary N) is 1. The van der Waals surface area contributed by atoms with E-state index in [2.05, 4.69) is 52.4 Å². The van der Waals surface area contributed by atoms with Gasteiger partial charge < -0.3 is 15.1 Å². The summed E-state index contributed by atoms with van der Waals surface area (Å²) < 4.78 is 4.47. The zero-order chi connectivity index (χ0) is 13.8. The van der Waals surface area contributed by atoms with Gasteiger partial charge >= 0.3 is 0 Å². The molecule has 108 valence electrons. The second kappa shape index (κ2) is 6.63. The first-order valence-electron chi connectivity index (χ1n) is 7.00. The van der Waals surface area contributed by atoms with Crippen molar-refractivity contribution in [3.05, 3.63) is 5.82 Å². The quantitative estimate of drug-likeness (QED) is 0.885. The largest absolute Gasteiger partial charge is 0.360 e. The topological polar surface area (TPSA) is 44.3 Å². The number of hydrogen-bond donors (Lipinski definition) is 1. The molecule has 1 unspecified atom stereocenters. The Morgan fingerprint density at radius 3 is 2.89 bits per heavy atom. The van der Waals surface area contributed by atoms with E-state index in [0.717, 1.165) is 43.6 Å². The van der Waals surface area contributed by atoms with Gasteiger partial charge in [-0.1, -0.05) is 13.8 Å². The Labute approximate surface area is 120 Å². The maximum Gasteiger partial charge on any atom is 0.202 e. The van der Waals surface area contributed by atoms with Crippen molar-refractivity contribution in [1.82, 2.24) is 19.2 Å². The van der Waals surface area contributed by atoms with Gasteiger partial charge in [-0.2, -0.15) is 4.37 Å². The van der Waals surface area contributed by atoms with Crippen molar-refractivity contribution < 1.29 is 0 Å². The van der Waals surface area contributed by atoms with Crippen LogP contribution < -0.4 is 5.32 Å². The summed E-state index contributed by atoms with van der Waals surface area (Å²) in [4.78, 5) is 9.39. The number of piperazine rings is 1. The van der Waals surface area contributed by atoms with E-state index in [-0.39, 0.29) is 0 Å². The molecule has 0 spiro atoms. The van der Waals surface area contributed by atoms with E-state index in [4.69, 9.17) is 0 Å². The van der Waals surface area contributed by atoms with Gasteiger partial charge in [0.2, 0.25) is 5.13 Å². The van der Waals surface area contributed by atoms with Gasteiger partial charge in [-0.3, -0.25) is 0 Å².